The summed E-state index contributed by atoms with van der Waals surface area (Å²) in [6.07, 6.45) is 3.45. The Balaban J connectivity index is 2.82. The van der Waals surface area contributed by atoms with Gasteiger partial charge in [-0.15, -0.1) is 0 Å². The Kier molecular flexibility index (Phi) is 4.74. The van der Waals surface area contributed by atoms with E-state index in [1.807, 2.05) is 18.7 Å². The summed E-state index contributed by atoms with van der Waals surface area (Å²) in [6.45, 7) is 5.26. The van der Waals surface area contributed by atoms with Crippen LogP contribution in [0.25, 0.3) is 0 Å². The fourth-order valence-corrected chi connectivity index (χ4v) is 2.53. The second-order valence-corrected chi connectivity index (χ2v) is 4.67. The van der Waals surface area contributed by atoms with Crippen molar-refractivity contribution >= 4 is 5.91 Å². The molecule has 0 bridgehead atoms. The maximum Gasteiger partial charge on any atom is 0.230 e. The largest absolute Gasteiger partial charge is 0.394 e. The highest BCUT2D eigenvalue weighted by Gasteiger charge is 2.40. The van der Waals surface area contributed by atoms with Crippen molar-refractivity contribution in [2.24, 2.45) is 11.1 Å². The first-order valence-corrected chi connectivity index (χ1v) is 6.27. The lowest BCUT2D eigenvalue weighted by atomic mass is 9.81. The number of carbonyl (C=O) groups excluding carboxylic acids is 1. The molecule has 3 N–H and O–H groups in total. The van der Waals surface area contributed by atoms with Crippen LogP contribution in [-0.4, -0.2) is 41.7 Å². The third-order valence-corrected chi connectivity index (χ3v) is 4.05. The standard InChI is InChI=1S/C12H24N2O2/c1-3-12(4-2,9-13)11(16)14-7-5-6-10(14)8-15/h10,15H,3-9,13H2,1-2H3/t10-/m1/s1. The molecular weight excluding hydrogens is 204 g/mol. The average molecular weight is 228 g/mol. The summed E-state index contributed by atoms with van der Waals surface area (Å²) in [5.74, 6) is 0.136. The van der Waals surface area contributed by atoms with E-state index in [4.69, 9.17) is 5.73 Å². The summed E-state index contributed by atoms with van der Waals surface area (Å²) in [6, 6.07) is 0.0107. The number of aliphatic hydroxyl groups excluding tert-OH is 1. The van der Waals surface area contributed by atoms with Gasteiger partial charge in [0.1, 0.15) is 0 Å². The quantitative estimate of drug-likeness (QED) is 0.729. The van der Waals surface area contributed by atoms with Gasteiger partial charge in [0.15, 0.2) is 0 Å². The van der Waals surface area contributed by atoms with E-state index in [1.165, 1.54) is 0 Å². The van der Waals surface area contributed by atoms with Crippen LogP contribution in [0.5, 0.6) is 0 Å². The van der Waals surface area contributed by atoms with Gasteiger partial charge in [-0.05, 0) is 25.7 Å². The Morgan fingerprint density at radius 1 is 1.50 bits per heavy atom. The van der Waals surface area contributed by atoms with E-state index in [-0.39, 0.29) is 18.6 Å². The zero-order chi connectivity index (χ0) is 12.2. The summed E-state index contributed by atoms with van der Waals surface area (Å²) in [5, 5.41) is 9.24. The molecular formula is C12H24N2O2. The summed E-state index contributed by atoms with van der Waals surface area (Å²) in [7, 11) is 0. The lowest BCUT2D eigenvalue weighted by Gasteiger charge is -2.35. The average Bonchev–Trinajstić information content (AvgIpc) is 2.79. The molecule has 0 unspecified atom stereocenters. The predicted octanol–water partition coefficient (Wildman–Crippen LogP) is 0.735. The van der Waals surface area contributed by atoms with Gasteiger partial charge < -0.3 is 15.7 Å². The number of aliphatic hydroxyl groups is 1. The molecule has 1 saturated heterocycles. The number of hydrogen-bond donors (Lipinski definition) is 2. The highest BCUT2D eigenvalue weighted by Crippen LogP contribution is 2.31. The monoisotopic (exact) mass is 228 g/mol. The Labute approximate surface area is 97.8 Å². The van der Waals surface area contributed by atoms with Gasteiger partial charge in [-0.1, -0.05) is 13.8 Å². The molecule has 1 aliphatic heterocycles. The number of nitrogens with two attached hydrogens (primary N) is 1. The molecule has 16 heavy (non-hydrogen) atoms. The van der Waals surface area contributed by atoms with Gasteiger partial charge in [-0.3, -0.25) is 4.79 Å². The molecule has 1 fully saturated rings. The minimum Gasteiger partial charge on any atom is -0.394 e. The minimum absolute atomic E-state index is 0.0107. The molecule has 0 aromatic carbocycles. The Morgan fingerprint density at radius 3 is 2.56 bits per heavy atom. The van der Waals surface area contributed by atoms with Crippen molar-refractivity contribution in [1.29, 1.82) is 0 Å². The molecule has 1 aliphatic rings. The number of rotatable bonds is 5. The third kappa shape index (κ3) is 2.23. The maximum atomic E-state index is 12.5. The highest BCUT2D eigenvalue weighted by molar-refractivity contribution is 5.83. The maximum absolute atomic E-state index is 12.5. The smallest absolute Gasteiger partial charge is 0.230 e. The van der Waals surface area contributed by atoms with Crippen molar-refractivity contribution in [3.05, 3.63) is 0 Å². The first-order chi connectivity index (χ1) is 7.65. The number of amides is 1. The first kappa shape index (κ1) is 13.5. The molecule has 0 spiro atoms. The van der Waals surface area contributed by atoms with Gasteiger partial charge in [0, 0.05) is 13.1 Å². The Bertz CT molecular complexity index is 231. The van der Waals surface area contributed by atoms with E-state index in [9.17, 15) is 9.90 Å². The highest BCUT2D eigenvalue weighted by atomic mass is 16.3. The van der Waals surface area contributed by atoms with Crippen molar-refractivity contribution in [3.8, 4) is 0 Å². The molecule has 0 radical (unpaired) electrons. The van der Waals surface area contributed by atoms with E-state index in [2.05, 4.69) is 0 Å². The molecule has 0 aromatic rings. The molecule has 94 valence electrons. The van der Waals surface area contributed by atoms with E-state index >= 15 is 0 Å². The molecule has 1 heterocycles. The molecule has 1 rings (SSSR count). The fourth-order valence-electron chi connectivity index (χ4n) is 2.53. The predicted molar refractivity (Wildman–Crippen MR) is 63.9 cm³/mol. The van der Waals surface area contributed by atoms with Gasteiger partial charge in [0.25, 0.3) is 0 Å². The SMILES string of the molecule is CCC(CC)(CN)C(=O)N1CCC[C@@H]1CO. The van der Waals surface area contributed by atoms with Crippen molar-refractivity contribution in [2.75, 3.05) is 19.7 Å². The molecule has 4 heteroatoms. The minimum atomic E-state index is -0.419. The molecule has 4 nitrogen and oxygen atoms in total. The van der Waals surface area contributed by atoms with Crippen molar-refractivity contribution in [1.82, 2.24) is 4.90 Å². The van der Waals surface area contributed by atoms with Crippen LogP contribution >= 0.6 is 0 Å². The van der Waals surface area contributed by atoms with Crippen molar-refractivity contribution in [2.45, 2.75) is 45.6 Å². The fraction of sp³-hybridized carbons (Fsp3) is 0.917. The number of likely N-dealkylation sites (tertiary alicyclic amines) is 1. The van der Waals surface area contributed by atoms with Gasteiger partial charge in [0.05, 0.1) is 18.1 Å². The zero-order valence-electron chi connectivity index (χ0n) is 10.4. The second kappa shape index (κ2) is 5.64. The molecule has 0 aliphatic carbocycles. The first-order valence-electron chi connectivity index (χ1n) is 6.27. The van der Waals surface area contributed by atoms with Gasteiger partial charge in [0.2, 0.25) is 5.91 Å². The van der Waals surface area contributed by atoms with E-state index in [0.29, 0.717) is 6.54 Å². The summed E-state index contributed by atoms with van der Waals surface area (Å²) in [4.78, 5) is 14.3. The lowest BCUT2D eigenvalue weighted by Crippen LogP contribution is -2.50. The summed E-state index contributed by atoms with van der Waals surface area (Å²) < 4.78 is 0. The van der Waals surface area contributed by atoms with Crippen LogP contribution in [0.2, 0.25) is 0 Å². The summed E-state index contributed by atoms with van der Waals surface area (Å²) in [5.41, 5.74) is 5.36. The van der Waals surface area contributed by atoms with Crippen LogP contribution in [0.4, 0.5) is 0 Å². The van der Waals surface area contributed by atoms with Crippen molar-refractivity contribution in [3.63, 3.8) is 0 Å². The van der Waals surface area contributed by atoms with Crippen LogP contribution in [0.1, 0.15) is 39.5 Å². The number of hydrogen-bond acceptors (Lipinski definition) is 3. The molecule has 1 atom stereocenters. The molecule has 0 aromatic heterocycles. The van der Waals surface area contributed by atoms with Gasteiger partial charge in [-0.25, -0.2) is 0 Å². The van der Waals surface area contributed by atoms with Crippen molar-refractivity contribution < 1.29 is 9.90 Å². The second-order valence-electron chi connectivity index (χ2n) is 4.67. The molecule has 1 amide bonds. The van der Waals surface area contributed by atoms with Crippen LogP contribution in [0.15, 0.2) is 0 Å². The van der Waals surface area contributed by atoms with E-state index in [1.54, 1.807) is 0 Å². The zero-order valence-corrected chi connectivity index (χ0v) is 10.4. The van der Waals surface area contributed by atoms with Crippen LogP contribution < -0.4 is 5.73 Å². The van der Waals surface area contributed by atoms with Crippen LogP contribution in [0.3, 0.4) is 0 Å². The number of nitrogens with zero attached hydrogens (tertiary/aromatic N) is 1. The van der Waals surface area contributed by atoms with E-state index in [0.717, 1.165) is 32.2 Å². The number of carbonyl (C=O) groups is 1. The Morgan fingerprint density at radius 2 is 2.12 bits per heavy atom. The molecule has 0 saturated carbocycles. The van der Waals surface area contributed by atoms with Gasteiger partial charge in [-0.2, -0.15) is 0 Å². The Hall–Kier alpha value is -0.610. The van der Waals surface area contributed by atoms with E-state index < -0.39 is 5.41 Å². The normalized spacial score (nSPS) is 21.5. The summed E-state index contributed by atoms with van der Waals surface area (Å²) >= 11 is 0. The van der Waals surface area contributed by atoms with Crippen LogP contribution in [0, 0.1) is 5.41 Å². The van der Waals surface area contributed by atoms with Crippen LogP contribution in [-0.2, 0) is 4.79 Å². The topological polar surface area (TPSA) is 66.6 Å². The lowest BCUT2D eigenvalue weighted by molar-refractivity contribution is -0.143. The van der Waals surface area contributed by atoms with Gasteiger partial charge >= 0.3 is 0 Å². The third-order valence-electron chi connectivity index (χ3n) is 4.05.